The monoisotopic (exact) mass is 952 g/mol. The summed E-state index contributed by atoms with van der Waals surface area (Å²) in [5, 5.41) is 9.92. The van der Waals surface area contributed by atoms with E-state index in [4.69, 9.17) is 14.2 Å². The average Bonchev–Trinajstić information content (AvgIpc) is 3.68. The molecule has 8 aromatic rings. The Morgan fingerprint density at radius 3 is 1.22 bits per heavy atom. The Morgan fingerprint density at radius 2 is 0.806 bits per heavy atom. The fraction of sp³-hybridized carbons (Fsp3) is 0.242. The van der Waals surface area contributed by atoms with E-state index in [0.29, 0.717) is 30.1 Å². The first-order valence-electron chi connectivity index (χ1n) is 25.1. The number of hydrogen-bond acceptors (Lipinski definition) is 6. The maximum Gasteiger partial charge on any atom is 0.321 e. The molecular weight excluding hydrogens is 889 g/mol. The first-order valence-corrected chi connectivity index (χ1v) is 25.1. The third-order valence-corrected chi connectivity index (χ3v) is 15.3. The van der Waals surface area contributed by atoms with E-state index >= 15 is 0 Å². The zero-order chi connectivity index (χ0) is 51.1. The molecule has 0 atom stereocenters. The minimum absolute atomic E-state index is 0.248. The van der Waals surface area contributed by atoms with Gasteiger partial charge in [0.2, 0.25) is 0 Å². The molecule has 0 aliphatic heterocycles. The molecule has 0 radical (unpaired) electrons. The van der Waals surface area contributed by atoms with Crippen molar-refractivity contribution in [3.63, 3.8) is 0 Å². The largest absolute Gasteiger partial charge is 0.508 e. The van der Waals surface area contributed by atoms with Crippen molar-refractivity contribution in [1.29, 1.82) is 0 Å². The highest BCUT2D eigenvalue weighted by atomic mass is 16.5. The number of hydrogen-bond donors (Lipinski definition) is 1. The molecule has 6 nitrogen and oxygen atoms in total. The zero-order valence-corrected chi connectivity index (χ0v) is 42.9. The molecule has 0 unspecified atom stereocenters. The number of phenolic OH excluding ortho intramolecular Hbond substituents is 1. The summed E-state index contributed by atoms with van der Waals surface area (Å²) in [5.74, 6) is 1.30. The lowest BCUT2D eigenvalue weighted by molar-refractivity contribution is -0.160. The fourth-order valence-electron chi connectivity index (χ4n) is 10.8. The minimum Gasteiger partial charge on any atom is -0.508 e. The Labute approximate surface area is 425 Å². The SMILES string of the molecule is CCC(CC)(C(=O)Oc1ccc(-c2ccc(C3(c4ccc(-c5ccc(O)cc5)cc4)c4ccccc4-c4ccccc43)cc2)cc1)C(C)(C)Oc1ccc(C(C)(C)c2ccc(OC(=O)C(C)(C)C)cc2)cc1. The number of rotatable bonds is 14. The number of fused-ring (bicyclic) bond motifs is 3. The quantitative estimate of drug-likeness (QED) is 0.0864. The van der Waals surface area contributed by atoms with Crippen LogP contribution in [0.2, 0.25) is 0 Å². The van der Waals surface area contributed by atoms with Crippen LogP contribution < -0.4 is 14.2 Å². The van der Waals surface area contributed by atoms with Gasteiger partial charge in [-0.15, -0.1) is 0 Å². The van der Waals surface area contributed by atoms with E-state index in [1.54, 1.807) is 12.1 Å². The maximum absolute atomic E-state index is 14.4. The van der Waals surface area contributed by atoms with Crippen LogP contribution in [0.1, 0.15) is 109 Å². The van der Waals surface area contributed by atoms with Crippen molar-refractivity contribution in [3.8, 4) is 56.4 Å². The Kier molecular flexibility index (Phi) is 13.1. The Balaban J connectivity index is 0.920. The lowest BCUT2D eigenvalue weighted by Crippen LogP contribution is -2.54. The van der Waals surface area contributed by atoms with E-state index in [0.717, 1.165) is 38.9 Å². The molecule has 8 aromatic carbocycles. The normalized spacial score (nSPS) is 13.2. The predicted molar refractivity (Wildman–Crippen MR) is 290 cm³/mol. The molecule has 0 aromatic heterocycles. The molecule has 0 spiro atoms. The van der Waals surface area contributed by atoms with Gasteiger partial charge in [0.1, 0.15) is 34.0 Å². The zero-order valence-electron chi connectivity index (χ0n) is 42.9. The number of esters is 2. The molecule has 9 rings (SSSR count). The van der Waals surface area contributed by atoms with Crippen LogP contribution in [0.25, 0.3) is 33.4 Å². The van der Waals surface area contributed by atoms with E-state index in [2.05, 4.69) is 123 Å². The van der Waals surface area contributed by atoms with E-state index in [1.165, 1.54) is 27.8 Å². The Morgan fingerprint density at radius 1 is 0.444 bits per heavy atom. The second-order valence-corrected chi connectivity index (χ2v) is 21.2. The van der Waals surface area contributed by atoms with Gasteiger partial charge in [-0.05, 0) is 163 Å². The number of aromatic hydroxyl groups is 1. The van der Waals surface area contributed by atoms with Crippen LogP contribution in [0.15, 0.2) is 194 Å². The predicted octanol–water partition coefficient (Wildman–Crippen LogP) is 15.9. The van der Waals surface area contributed by atoms with Crippen LogP contribution in [0.4, 0.5) is 0 Å². The van der Waals surface area contributed by atoms with E-state index in [9.17, 15) is 14.7 Å². The number of benzene rings is 8. The summed E-state index contributed by atoms with van der Waals surface area (Å²) in [6.07, 6.45) is 1.04. The summed E-state index contributed by atoms with van der Waals surface area (Å²) in [4.78, 5) is 26.8. The highest BCUT2D eigenvalue weighted by molar-refractivity contribution is 5.87. The van der Waals surface area contributed by atoms with Crippen LogP contribution in [0.3, 0.4) is 0 Å². The van der Waals surface area contributed by atoms with Gasteiger partial charge < -0.3 is 19.3 Å². The second-order valence-electron chi connectivity index (χ2n) is 21.2. The maximum atomic E-state index is 14.4. The van der Waals surface area contributed by atoms with Crippen molar-refractivity contribution in [3.05, 3.63) is 228 Å². The number of ether oxygens (including phenoxy) is 3. The van der Waals surface area contributed by atoms with Crippen molar-refractivity contribution in [2.45, 2.75) is 91.6 Å². The van der Waals surface area contributed by atoms with Gasteiger partial charge in [-0.25, -0.2) is 0 Å². The first kappa shape index (κ1) is 49.3. The third kappa shape index (κ3) is 8.89. The van der Waals surface area contributed by atoms with Gasteiger partial charge in [-0.2, -0.15) is 0 Å². The van der Waals surface area contributed by atoms with Crippen LogP contribution in [0.5, 0.6) is 23.0 Å². The van der Waals surface area contributed by atoms with Crippen molar-refractivity contribution >= 4 is 11.9 Å². The summed E-state index contributed by atoms with van der Waals surface area (Å²) >= 11 is 0. The van der Waals surface area contributed by atoms with Crippen molar-refractivity contribution in [2.75, 3.05) is 0 Å². The van der Waals surface area contributed by atoms with Crippen LogP contribution >= 0.6 is 0 Å². The molecule has 0 heterocycles. The number of carbonyl (C=O) groups excluding carboxylic acids is 2. The summed E-state index contributed by atoms with van der Waals surface area (Å²) in [5.41, 5.74) is 10.3. The summed E-state index contributed by atoms with van der Waals surface area (Å²) in [6, 6.07) is 66.0. The van der Waals surface area contributed by atoms with Gasteiger partial charge in [0.15, 0.2) is 0 Å². The molecule has 364 valence electrons. The molecular formula is C66H64O6. The Hall–Kier alpha value is -7.70. The second kappa shape index (κ2) is 19.1. The molecule has 0 amide bonds. The Bertz CT molecular complexity index is 3160. The average molecular weight is 953 g/mol. The standard InChI is InChI=1S/C66H64O6/c1-10-65(11-2,64(8,9)72-55-42-34-49(35-43-55)63(6,7)48-32-40-54(41-33-48)70-60(68)62(3,4)5)61(69)71-53-38-26-47(27-39-53)45-22-30-51(31-23-45)66(50-28-20-44(21-29-50)46-24-36-52(67)37-25-46)58-18-14-12-16-56(58)57-17-13-15-19-59(57)66/h12-43,67H,10-11H2,1-9H3. The van der Waals surface area contributed by atoms with Crippen molar-refractivity contribution in [1.82, 2.24) is 0 Å². The van der Waals surface area contributed by atoms with Crippen LogP contribution in [-0.4, -0.2) is 22.6 Å². The van der Waals surface area contributed by atoms with Gasteiger partial charge in [0.25, 0.3) is 0 Å². The smallest absolute Gasteiger partial charge is 0.321 e. The van der Waals surface area contributed by atoms with Gasteiger partial charge >= 0.3 is 11.9 Å². The first-order chi connectivity index (χ1) is 34.4. The lowest BCUT2D eigenvalue weighted by atomic mass is 9.67. The van der Waals surface area contributed by atoms with Crippen LogP contribution in [0, 0.1) is 10.8 Å². The van der Waals surface area contributed by atoms with Crippen molar-refractivity contribution in [2.24, 2.45) is 10.8 Å². The number of carbonyl (C=O) groups is 2. The lowest BCUT2D eigenvalue weighted by Gasteiger charge is -2.43. The number of phenols is 1. The molecule has 0 fully saturated rings. The van der Waals surface area contributed by atoms with E-state index in [1.807, 2.05) is 121 Å². The molecule has 1 aliphatic rings. The van der Waals surface area contributed by atoms with Gasteiger partial charge in [-0.1, -0.05) is 173 Å². The summed E-state index contributed by atoms with van der Waals surface area (Å²) in [6.45, 7) is 17.8. The third-order valence-electron chi connectivity index (χ3n) is 15.3. The highest BCUT2D eigenvalue weighted by Crippen LogP contribution is 2.56. The molecule has 6 heteroatoms. The summed E-state index contributed by atoms with van der Waals surface area (Å²) < 4.78 is 18.6. The molecule has 0 saturated carbocycles. The minimum atomic E-state index is -0.948. The van der Waals surface area contributed by atoms with Gasteiger partial charge in [0, 0.05) is 5.41 Å². The van der Waals surface area contributed by atoms with Gasteiger partial charge in [0.05, 0.1) is 10.8 Å². The van der Waals surface area contributed by atoms with E-state index in [-0.39, 0.29) is 23.1 Å². The topological polar surface area (TPSA) is 82.1 Å². The highest BCUT2D eigenvalue weighted by Gasteiger charge is 2.52. The van der Waals surface area contributed by atoms with Crippen molar-refractivity contribution < 1.29 is 28.9 Å². The molecule has 72 heavy (non-hydrogen) atoms. The molecule has 0 bridgehead atoms. The molecule has 0 saturated heterocycles. The fourth-order valence-corrected chi connectivity index (χ4v) is 10.8. The molecule has 1 N–H and O–H groups in total. The summed E-state index contributed by atoms with van der Waals surface area (Å²) in [7, 11) is 0. The molecule has 1 aliphatic carbocycles. The van der Waals surface area contributed by atoms with Gasteiger partial charge in [-0.3, -0.25) is 9.59 Å². The van der Waals surface area contributed by atoms with Crippen LogP contribution in [-0.2, 0) is 20.4 Å². The van der Waals surface area contributed by atoms with E-state index < -0.39 is 21.8 Å².